The zero-order valence-electron chi connectivity index (χ0n) is 23.5. The van der Waals surface area contributed by atoms with Gasteiger partial charge in [0, 0.05) is 5.66 Å². The Morgan fingerprint density at radius 2 is 1.41 bits per heavy atom. The van der Waals surface area contributed by atoms with Crippen LogP contribution < -0.4 is 0 Å². The molecular weight excluding hydrogens is 511 g/mol. The summed E-state index contributed by atoms with van der Waals surface area (Å²) in [6.07, 6.45) is 26.9. The summed E-state index contributed by atoms with van der Waals surface area (Å²) in [6, 6.07) is 29.8. The third kappa shape index (κ3) is 4.50. The Morgan fingerprint density at radius 3 is 2.20 bits per heavy atom. The highest BCUT2D eigenvalue weighted by Gasteiger charge is 2.31. The molecule has 0 heterocycles. The van der Waals surface area contributed by atoms with Crippen molar-refractivity contribution >= 4 is 45.8 Å². The van der Waals surface area contributed by atoms with Crippen LogP contribution in [0.5, 0.6) is 0 Å². The maximum atomic E-state index is 2.63. The van der Waals surface area contributed by atoms with Crippen LogP contribution in [0.2, 0.25) is 0 Å². The second-order valence-electron chi connectivity index (χ2n) is 11.8. The minimum absolute atomic E-state index is 0.184. The monoisotopic (exact) mass is 546 g/mol. The van der Waals surface area contributed by atoms with E-state index in [1.807, 2.05) is 0 Å². The lowest BCUT2D eigenvalue weighted by molar-refractivity contribution is 0.731. The number of allylic oxidation sites excluding steroid dienone is 10. The lowest BCUT2D eigenvalue weighted by Crippen LogP contribution is -2.18. The Morgan fingerprint density at radius 1 is 0.634 bits per heavy atom. The highest BCUT2D eigenvalue weighted by molar-refractivity contribution is 7.63. The Bertz CT molecular complexity index is 1880. The lowest BCUT2D eigenvalue weighted by atomic mass is 9.89. The van der Waals surface area contributed by atoms with Crippen molar-refractivity contribution in [2.75, 3.05) is 0 Å². The van der Waals surface area contributed by atoms with Gasteiger partial charge >= 0.3 is 0 Å². The molecule has 1 heteroatoms. The van der Waals surface area contributed by atoms with Crippen LogP contribution in [0.25, 0.3) is 49.0 Å². The summed E-state index contributed by atoms with van der Waals surface area (Å²) in [4.78, 5) is 0. The van der Waals surface area contributed by atoms with Crippen LogP contribution in [-0.2, 0) is 0 Å². The molecular formula is C40H35P. The van der Waals surface area contributed by atoms with E-state index in [0.717, 1.165) is 5.66 Å². The van der Waals surface area contributed by atoms with Crippen molar-refractivity contribution < 1.29 is 0 Å². The Balaban J connectivity index is 1.14. The van der Waals surface area contributed by atoms with Gasteiger partial charge < -0.3 is 0 Å². The maximum Gasteiger partial charge on any atom is 0.00539 e. The minimum Gasteiger partial charge on any atom is -0.0885 e. The average molecular weight is 547 g/mol. The molecule has 41 heavy (non-hydrogen) atoms. The van der Waals surface area contributed by atoms with Crippen LogP contribution in [0.4, 0.5) is 0 Å². The van der Waals surface area contributed by atoms with Gasteiger partial charge in [-0.25, -0.2) is 0 Å². The van der Waals surface area contributed by atoms with Crippen molar-refractivity contribution in [2.45, 2.75) is 49.8 Å². The highest BCUT2D eigenvalue weighted by atomic mass is 31.1. The van der Waals surface area contributed by atoms with Gasteiger partial charge in [-0.05, 0) is 104 Å². The summed E-state index contributed by atoms with van der Waals surface area (Å²) in [5, 5.41) is 9.83. The highest BCUT2D eigenvalue weighted by Crippen LogP contribution is 2.61. The van der Waals surface area contributed by atoms with Crippen molar-refractivity contribution in [3.63, 3.8) is 0 Å². The fraction of sp³-hybridized carbons (Fsp3) is 0.200. The second-order valence-corrected chi connectivity index (χ2v) is 14.6. The van der Waals surface area contributed by atoms with Gasteiger partial charge in [-0.2, -0.15) is 0 Å². The molecule has 0 nitrogen and oxygen atoms in total. The predicted octanol–water partition coefficient (Wildman–Crippen LogP) is 11.8. The Labute approximate surface area is 244 Å². The molecule has 0 saturated heterocycles. The van der Waals surface area contributed by atoms with Gasteiger partial charge in [0.25, 0.3) is 0 Å². The van der Waals surface area contributed by atoms with Gasteiger partial charge in [-0.1, -0.05) is 135 Å². The molecule has 5 aromatic carbocycles. The number of hydrogen-bond acceptors (Lipinski definition) is 0. The van der Waals surface area contributed by atoms with E-state index in [-0.39, 0.29) is 7.92 Å². The molecule has 0 radical (unpaired) electrons. The van der Waals surface area contributed by atoms with Crippen molar-refractivity contribution in [3.8, 4) is 11.1 Å². The number of hydrogen-bond donors (Lipinski definition) is 0. The van der Waals surface area contributed by atoms with Crippen molar-refractivity contribution in [1.82, 2.24) is 0 Å². The normalized spacial score (nSPS) is 21.5. The second kappa shape index (κ2) is 10.6. The molecule has 0 amide bonds. The molecule has 0 N–H and O–H groups in total. The van der Waals surface area contributed by atoms with Gasteiger partial charge in [0.15, 0.2) is 0 Å². The van der Waals surface area contributed by atoms with E-state index in [9.17, 15) is 0 Å². The van der Waals surface area contributed by atoms with Crippen LogP contribution in [0.1, 0.15) is 44.1 Å². The Kier molecular flexibility index (Phi) is 6.46. The van der Waals surface area contributed by atoms with Gasteiger partial charge in [0.2, 0.25) is 0 Å². The quantitative estimate of drug-likeness (QED) is 0.117. The smallest absolute Gasteiger partial charge is 0.00539 e. The maximum absolute atomic E-state index is 2.63. The molecule has 0 aliphatic heterocycles. The first-order chi connectivity index (χ1) is 20.3. The molecule has 3 aliphatic rings. The summed E-state index contributed by atoms with van der Waals surface area (Å²) in [5.74, 6) is 0. The average Bonchev–Trinajstić information content (AvgIpc) is 3.05. The predicted molar refractivity (Wildman–Crippen MR) is 181 cm³/mol. The van der Waals surface area contributed by atoms with Crippen LogP contribution in [0, 0.1) is 0 Å². The molecule has 200 valence electrons. The van der Waals surface area contributed by atoms with Crippen molar-refractivity contribution in [1.29, 1.82) is 0 Å². The fourth-order valence-electron chi connectivity index (χ4n) is 7.43. The zero-order valence-corrected chi connectivity index (χ0v) is 24.4. The third-order valence-corrected chi connectivity index (χ3v) is 12.8. The van der Waals surface area contributed by atoms with Crippen molar-refractivity contribution in [2.24, 2.45) is 0 Å². The molecule has 3 atom stereocenters. The van der Waals surface area contributed by atoms with Crippen LogP contribution in [0.3, 0.4) is 0 Å². The number of benzene rings is 5. The summed E-state index contributed by atoms with van der Waals surface area (Å²) >= 11 is 0. The van der Waals surface area contributed by atoms with Crippen LogP contribution in [-0.4, -0.2) is 11.3 Å². The first-order valence-corrected chi connectivity index (χ1v) is 16.8. The first kappa shape index (κ1) is 25.0. The summed E-state index contributed by atoms with van der Waals surface area (Å²) in [7, 11) is -0.184. The van der Waals surface area contributed by atoms with Gasteiger partial charge in [-0.3, -0.25) is 0 Å². The minimum atomic E-state index is -0.184. The van der Waals surface area contributed by atoms with E-state index in [1.165, 1.54) is 93.1 Å². The topological polar surface area (TPSA) is 0 Å². The summed E-state index contributed by atoms with van der Waals surface area (Å²) in [6.45, 7) is 0. The summed E-state index contributed by atoms with van der Waals surface area (Å²) in [5.41, 5.74) is 6.80. The molecule has 0 fully saturated rings. The van der Waals surface area contributed by atoms with Gasteiger partial charge in [0.1, 0.15) is 0 Å². The van der Waals surface area contributed by atoms with E-state index in [4.69, 9.17) is 0 Å². The van der Waals surface area contributed by atoms with E-state index in [1.54, 1.807) is 5.31 Å². The standard InChI is InChI=1S/C40H35P/c1-3-12-34(13-4-1)41(35-14-5-2-6-15-35)36-16-8-11-33(27-36)28-17-19-29(20-18-28)37-25-23-32-22-21-30-9-7-10-31-24-26-38(37)40(32)39(30)31/h1-3,5,7-12,17-27,35-36H,4,6,13-16H2. The Hall–Kier alpha value is -3.73. The zero-order chi connectivity index (χ0) is 27.2. The van der Waals surface area contributed by atoms with Gasteiger partial charge in [-0.15, -0.1) is 0 Å². The molecule has 0 spiro atoms. The van der Waals surface area contributed by atoms with Gasteiger partial charge in [0.05, 0.1) is 0 Å². The van der Waals surface area contributed by atoms with E-state index in [0.29, 0.717) is 5.66 Å². The van der Waals surface area contributed by atoms with Crippen LogP contribution in [0.15, 0.2) is 133 Å². The van der Waals surface area contributed by atoms with E-state index < -0.39 is 0 Å². The van der Waals surface area contributed by atoms with Crippen LogP contribution >= 0.6 is 7.92 Å². The van der Waals surface area contributed by atoms with E-state index in [2.05, 4.69) is 127 Å². The molecule has 0 saturated carbocycles. The SMILES string of the molecule is C1=CCCC(P(C2C=C(c3ccc(-c4ccc5ccc6cccc7ccc4c5c67)cc3)C=CC2)C2CC=CCC2)=C1. The molecule has 0 aromatic heterocycles. The first-order valence-electron chi connectivity index (χ1n) is 15.3. The molecule has 8 rings (SSSR count). The molecule has 5 aromatic rings. The lowest BCUT2D eigenvalue weighted by Gasteiger charge is -2.37. The molecule has 0 bridgehead atoms. The largest absolute Gasteiger partial charge is 0.0885 e. The summed E-state index contributed by atoms with van der Waals surface area (Å²) < 4.78 is 0. The van der Waals surface area contributed by atoms with E-state index >= 15 is 0 Å². The third-order valence-electron chi connectivity index (χ3n) is 9.42. The van der Waals surface area contributed by atoms with Crippen molar-refractivity contribution in [3.05, 3.63) is 138 Å². The molecule has 3 aliphatic carbocycles. The number of rotatable bonds is 5. The molecule has 3 unspecified atom stereocenters. The fourth-order valence-corrected chi connectivity index (χ4v) is 11.0.